The zero-order chi connectivity index (χ0) is 22.8. The van der Waals surface area contributed by atoms with Crippen molar-refractivity contribution in [3.8, 4) is 17.1 Å². The summed E-state index contributed by atoms with van der Waals surface area (Å²) in [5.41, 5.74) is 5.29. The molecule has 0 radical (unpaired) electrons. The normalized spacial score (nSPS) is 13.1. The highest BCUT2D eigenvalue weighted by molar-refractivity contribution is 7.99. The number of carbonyl (C=O) groups excluding carboxylic acids is 1. The van der Waals surface area contributed by atoms with Crippen molar-refractivity contribution in [2.75, 3.05) is 17.2 Å². The van der Waals surface area contributed by atoms with Crippen LogP contribution in [0.15, 0.2) is 78.0 Å². The first-order valence-electron chi connectivity index (χ1n) is 10.9. The van der Waals surface area contributed by atoms with Crippen LogP contribution in [0, 0.1) is 6.92 Å². The Hall–Kier alpha value is -3.09. The molecule has 0 saturated heterocycles. The van der Waals surface area contributed by atoms with Crippen LogP contribution in [0.25, 0.3) is 17.1 Å². The summed E-state index contributed by atoms with van der Waals surface area (Å²) in [6.07, 6.45) is 1.99. The van der Waals surface area contributed by atoms with E-state index in [1.807, 2.05) is 64.1 Å². The lowest BCUT2D eigenvalue weighted by Crippen LogP contribution is -2.36. The zero-order valence-corrected chi connectivity index (χ0v) is 19.8. The summed E-state index contributed by atoms with van der Waals surface area (Å²) in [6.45, 7) is 2.80. The van der Waals surface area contributed by atoms with Crippen LogP contribution in [-0.2, 0) is 11.2 Å². The summed E-state index contributed by atoms with van der Waals surface area (Å²) >= 11 is 7.50. The van der Waals surface area contributed by atoms with E-state index in [-0.39, 0.29) is 5.91 Å². The molecule has 3 aromatic carbocycles. The average molecular weight is 475 g/mol. The molecule has 0 saturated carbocycles. The lowest BCUT2D eigenvalue weighted by Gasteiger charge is -2.29. The SMILES string of the molecule is Cc1ccc(-n2c(SCC(=O)N3CCCc4ccccc43)nnc2-c2ccc(Cl)cc2)cc1. The van der Waals surface area contributed by atoms with Gasteiger partial charge in [-0.3, -0.25) is 9.36 Å². The number of thioether (sulfide) groups is 1. The first-order valence-corrected chi connectivity index (χ1v) is 12.3. The number of fused-ring (bicyclic) bond motifs is 1. The molecular formula is C26H23ClN4OS. The molecule has 5 rings (SSSR count). The fourth-order valence-corrected chi connectivity index (χ4v) is 5.03. The molecule has 33 heavy (non-hydrogen) atoms. The number of nitrogens with zero attached hydrogens (tertiary/aromatic N) is 4. The maximum Gasteiger partial charge on any atom is 0.237 e. The number of hydrogen-bond donors (Lipinski definition) is 0. The van der Waals surface area contributed by atoms with Crippen LogP contribution >= 0.6 is 23.4 Å². The number of benzene rings is 3. The maximum absolute atomic E-state index is 13.2. The molecule has 1 amide bonds. The Bertz CT molecular complexity index is 1280. The summed E-state index contributed by atoms with van der Waals surface area (Å²) < 4.78 is 2.00. The molecule has 4 aromatic rings. The van der Waals surface area contributed by atoms with Crippen molar-refractivity contribution in [3.05, 3.63) is 88.9 Å². The van der Waals surface area contributed by atoms with Gasteiger partial charge in [-0.1, -0.05) is 59.3 Å². The molecule has 1 aromatic heterocycles. The number of rotatable bonds is 5. The van der Waals surface area contributed by atoms with Gasteiger partial charge in [-0.05, 0) is 67.8 Å². The first kappa shape index (κ1) is 21.7. The van der Waals surface area contributed by atoms with Gasteiger partial charge in [0.25, 0.3) is 0 Å². The predicted octanol–water partition coefficient (Wildman–Crippen LogP) is 5.97. The second-order valence-corrected chi connectivity index (χ2v) is 9.43. The zero-order valence-electron chi connectivity index (χ0n) is 18.2. The van der Waals surface area contributed by atoms with Crippen molar-refractivity contribution < 1.29 is 4.79 Å². The number of anilines is 1. The molecule has 5 nitrogen and oxygen atoms in total. The highest BCUT2D eigenvalue weighted by Gasteiger charge is 2.24. The number of para-hydroxylation sites is 1. The largest absolute Gasteiger partial charge is 0.311 e. The lowest BCUT2D eigenvalue weighted by atomic mass is 10.0. The van der Waals surface area contributed by atoms with E-state index in [1.54, 1.807) is 0 Å². The molecule has 1 aliphatic rings. The van der Waals surface area contributed by atoms with Crippen LogP contribution < -0.4 is 4.90 Å². The van der Waals surface area contributed by atoms with Crippen molar-refractivity contribution in [1.29, 1.82) is 0 Å². The Morgan fingerprint density at radius 3 is 2.55 bits per heavy atom. The van der Waals surface area contributed by atoms with Gasteiger partial charge in [-0.25, -0.2) is 0 Å². The van der Waals surface area contributed by atoms with Gasteiger partial charge in [0.2, 0.25) is 5.91 Å². The van der Waals surface area contributed by atoms with E-state index in [4.69, 9.17) is 11.6 Å². The number of aromatic nitrogens is 3. The number of hydrogen-bond acceptors (Lipinski definition) is 4. The Morgan fingerprint density at radius 1 is 1.00 bits per heavy atom. The molecule has 0 bridgehead atoms. The van der Waals surface area contributed by atoms with Gasteiger partial charge in [0.1, 0.15) is 0 Å². The summed E-state index contributed by atoms with van der Waals surface area (Å²) in [6, 6.07) is 23.9. The van der Waals surface area contributed by atoms with Gasteiger partial charge < -0.3 is 4.90 Å². The highest BCUT2D eigenvalue weighted by Crippen LogP contribution is 2.31. The fourth-order valence-electron chi connectivity index (χ4n) is 4.07. The Labute approximate surface area is 202 Å². The third-order valence-corrected chi connectivity index (χ3v) is 6.93. The van der Waals surface area contributed by atoms with Crippen molar-refractivity contribution in [3.63, 3.8) is 0 Å². The smallest absolute Gasteiger partial charge is 0.237 e. The minimum atomic E-state index is 0.0821. The van der Waals surface area contributed by atoms with Crippen LogP contribution in [0.1, 0.15) is 17.5 Å². The molecule has 0 spiro atoms. The van der Waals surface area contributed by atoms with Crippen LogP contribution in [0.2, 0.25) is 5.02 Å². The van der Waals surface area contributed by atoms with Crippen molar-refractivity contribution >= 4 is 35.0 Å². The number of aryl methyl sites for hydroxylation is 2. The number of amides is 1. The third kappa shape index (κ3) is 4.54. The van der Waals surface area contributed by atoms with Crippen molar-refractivity contribution in [1.82, 2.24) is 14.8 Å². The van der Waals surface area contributed by atoms with Gasteiger partial charge in [0, 0.05) is 28.5 Å². The topological polar surface area (TPSA) is 51.0 Å². The highest BCUT2D eigenvalue weighted by atomic mass is 35.5. The van der Waals surface area contributed by atoms with Gasteiger partial charge in [-0.15, -0.1) is 10.2 Å². The third-order valence-electron chi connectivity index (χ3n) is 5.76. The Morgan fingerprint density at radius 2 is 1.76 bits per heavy atom. The number of halogens is 1. The van der Waals surface area contributed by atoms with E-state index in [0.29, 0.717) is 21.8 Å². The van der Waals surface area contributed by atoms with E-state index in [2.05, 4.69) is 35.3 Å². The Balaban J connectivity index is 1.44. The molecule has 0 fully saturated rings. The molecule has 0 aliphatic carbocycles. The minimum Gasteiger partial charge on any atom is -0.311 e. The van der Waals surface area contributed by atoms with Crippen LogP contribution in [0.5, 0.6) is 0 Å². The second-order valence-electron chi connectivity index (χ2n) is 8.05. The van der Waals surface area contributed by atoms with E-state index < -0.39 is 0 Å². The standard InChI is InChI=1S/C26H23ClN4OS/c1-18-8-14-22(15-9-18)31-25(20-10-12-21(27)13-11-20)28-29-26(31)33-17-24(32)30-16-4-6-19-5-2-3-7-23(19)30/h2-3,5,7-15H,4,6,16-17H2,1H3. The van der Waals surface area contributed by atoms with E-state index in [9.17, 15) is 4.79 Å². The summed E-state index contributed by atoms with van der Waals surface area (Å²) in [7, 11) is 0. The fraction of sp³-hybridized carbons (Fsp3) is 0.192. The first-order chi connectivity index (χ1) is 16.1. The second kappa shape index (κ2) is 9.41. The minimum absolute atomic E-state index is 0.0821. The van der Waals surface area contributed by atoms with Gasteiger partial charge in [0.15, 0.2) is 11.0 Å². The van der Waals surface area contributed by atoms with Gasteiger partial charge in [0.05, 0.1) is 5.75 Å². The monoisotopic (exact) mass is 474 g/mol. The Kier molecular flexibility index (Phi) is 6.20. The molecule has 7 heteroatoms. The van der Waals surface area contributed by atoms with Gasteiger partial charge >= 0.3 is 0 Å². The average Bonchev–Trinajstić information content (AvgIpc) is 3.27. The van der Waals surface area contributed by atoms with E-state index in [0.717, 1.165) is 36.3 Å². The van der Waals surface area contributed by atoms with Crippen LogP contribution in [0.3, 0.4) is 0 Å². The summed E-state index contributed by atoms with van der Waals surface area (Å²) in [4.78, 5) is 15.1. The maximum atomic E-state index is 13.2. The van der Waals surface area contributed by atoms with Crippen LogP contribution in [0.4, 0.5) is 5.69 Å². The molecule has 166 valence electrons. The molecule has 0 atom stereocenters. The van der Waals surface area contributed by atoms with Crippen LogP contribution in [-0.4, -0.2) is 33.0 Å². The van der Waals surface area contributed by atoms with Crippen molar-refractivity contribution in [2.24, 2.45) is 0 Å². The molecule has 2 heterocycles. The predicted molar refractivity (Wildman–Crippen MR) is 134 cm³/mol. The molecule has 0 unspecified atom stereocenters. The van der Waals surface area contributed by atoms with Crippen molar-refractivity contribution in [2.45, 2.75) is 24.9 Å². The van der Waals surface area contributed by atoms with E-state index in [1.165, 1.54) is 22.9 Å². The quantitative estimate of drug-likeness (QED) is 0.334. The molecular weight excluding hydrogens is 452 g/mol. The summed E-state index contributed by atoms with van der Waals surface area (Å²) in [5.74, 6) is 1.09. The summed E-state index contributed by atoms with van der Waals surface area (Å²) in [5, 5.41) is 10.3. The lowest BCUT2D eigenvalue weighted by molar-refractivity contribution is -0.116. The molecule has 1 aliphatic heterocycles. The molecule has 0 N–H and O–H groups in total. The van der Waals surface area contributed by atoms with E-state index >= 15 is 0 Å². The van der Waals surface area contributed by atoms with Gasteiger partial charge in [-0.2, -0.15) is 0 Å². The number of carbonyl (C=O) groups is 1.